The Balaban J connectivity index is 1.94. The zero-order chi connectivity index (χ0) is 26.0. The van der Waals surface area contributed by atoms with Gasteiger partial charge in [-0.2, -0.15) is 0 Å². The number of fused-ring (bicyclic) bond motifs is 1. The number of methoxy groups -OCH3 is 1. The van der Waals surface area contributed by atoms with Gasteiger partial charge in [0.15, 0.2) is 16.3 Å². The van der Waals surface area contributed by atoms with E-state index in [0.29, 0.717) is 25.6 Å². The zero-order valence-corrected chi connectivity index (χ0v) is 21.6. The number of rotatable bonds is 6. The number of hydrogen-bond donors (Lipinski definition) is 0. The van der Waals surface area contributed by atoms with Crippen LogP contribution in [-0.4, -0.2) is 30.2 Å². The van der Waals surface area contributed by atoms with E-state index in [0.717, 1.165) is 5.56 Å². The lowest BCUT2D eigenvalue weighted by molar-refractivity contribution is -0.139. The Kier molecular flexibility index (Phi) is 7.42. The van der Waals surface area contributed by atoms with Crippen LogP contribution in [0.1, 0.15) is 37.9 Å². The Hall–Kier alpha value is -3.69. The maximum atomic E-state index is 13.6. The molecule has 2 heterocycles. The summed E-state index contributed by atoms with van der Waals surface area (Å²) in [6.45, 7) is 4.87. The lowest BCUT2D eigenvalue weighted by Crippen LogP contribution is -2.40. The number of halogens is 1. The largest absolute Gasteiger partial charge is 0.493 e. The van der Waals surface area contributed by atoms with Gasteiger partial charge in [-0.15, -0.1) is 0 Å². The Bertz CT molecular complexity index is 1550. The van der Waals surface area contributed by atoms with E-state index < -0.39 is 18.0 Å². The van der Waals surface area contributed by atoms with Gasteiger partial charge in [-0.3, -0.25) is 14.2 Å². The van der Waals surface area contributed by atoms with Crippen LogP contribution in [-0.2, 0) is 14.3 Å². The van der Waals surface area contributed by atoms with Gasteiger partial charge < -0.3 is 14.2 Å². The van der Waals surface area contributed by atoms with Crippen LogP contribution in [0.25, 0.3) is 6.08 Å². The van der Waals surface area contributed by atoms with E-state index in [9.17, 15) is 14.4 Å². The first-order valence-electron chi connectivity index (χ1n) is 11.0. The molecule has 3 aromatic rings. The molecule has 0 amide bonds. The van der Waals surface area contributed by atoms with Gasteiger partial charge in [0.05, 0.1) is 35.6 Å². The van der Waals surface area contributed by atoms with Crippen LogP contribution >= 0.6 is 22.9 Å². The number of carbonyl (C=O) groups is 2. The highest BCUT2D eigenvalue weighted by atomic mass is 35.5. The second kappa shape index (κ2) is 10.5. The van der Waals surface area contributed by atoms with Gasteiger partial charge in [0, 0.05) is 11.9 Å². The van der Waals surface area contributed by atoms with Gasteiger partial charge in [-0.25, -0.2) is 9.79 Å². The van der Waals surface area contributed by atoms with Crippen LogP contribution in [0.5, 0.6) is 11.5 Å². The molecule has 0 unspecified atom stereocenters. The van der Waals surface area contributed by atoms with E-state index >= 15 is 0 Å². The molecule has 2 aromatic carbocycles. The summed E-state index contributed by atoms with van der Waals surface area (Å²) in [4.78, 5) is 43.2. The van der Waals surface area contributed by atoms with Gasteiger partial charge in [-0.1, -0.05) is 41.1 Å². The van der Waals surface area contributed by atoms with E-state index in [4.69, 9.17) is 25.8 Å². The average molecular weight is 527 g/mol. The van der Waals surface area contributed by atoms with Gasteiger partial charge in [-0.05, 0) is 55.3 Å². The fourth-order valence-corrected chi connectivity index (χ4v) is 5.08. The number of esters is 2. The first kappa shape index (κ1) is 25.4. The van der Waals surface area contributed by atoms with Crippen molar-refractivity contribution >= 4 is 41.0 Å². The molecule has 8 nitrogen and oxygen atoms in total. The summed E-state index contributed by atoms with van der Waals surface area (Å²) in [5.41, 5.74) is 1.75. The first-order valence-corrected chi connectivity index (χ1v) is 12.2. The van der Waals surface area contributed by atoms with Crippen molar-refractivity contribution in [2.24, 2.45) is 4.99 Å². The summed E-state index contributed by atoms with van der Waals surface area (Å²) in [7, 11) is 1.44. The fourth-order valence-electron chi connectivity index (χ4n) is 3.91. The number of carbonyl (C=O) groups excluding carboxylic acids is 2. The van der Waals surface area contributed by atoms with Gasteiger partial charge >= 0.3 is 11.9 Å². The lowest BCUT2D eigenvalue weighted by Gasteiger charge is -2.25. The molecular weight excluding hydrogens is 504 g/mol. The van der Waals surface area contributed by atoms with Crippen LogP contribution in [0.2, 0.25) is 5.02 Å². The highest BCUT2D eigenvalue weighted by Gasteiger charge is 2.34. The van der Waals surface area contributed by atoms with Gasteiger partial charge in [0.1, 0.15) is 0 Å². The molecule has 4 rings (SSSR count). The minimum Gasteiger partial charge on any atom is -0.493 e. The maximum Gasteiger partial charge on any atom is 0.338 e. The molecule has 36 heavy (non-hydrogen) atoms. The van der Waals surface area contributed by atoms with Crippen LogP contribution in [0.15, 0.2) is 63.5 Å². The molecule has 10 heteroatoms. The van der Waals surface area contributed by atoms with Crippen LogP contribution in [0, 0.1) is 0 Å². The van der Waals surface area contributed by atoms with E-state index in [1.807, 2.05) is 12.1 Å². The summed E-state index contributed by atoms with van der Waals surface area (Å²) in [5.74, 6) is -0.566. The molecule has 0 N–H and O–H groups in total. The zero-order valence-electron chi connectivity index (χ0n) is 20.0. The SMILES string of the molecule is CCOC(=O)C1=C(C)N=c2s/c(=C\c3ccc(Cl)cc3)c(=O)n2[C@@H]1c1ccc(OC(C)=O)c(OC)c1. The van der Waals surface area contributed by atoms with Crippen LogP contribution in [0.3, 0.4) is 0 Å². The molecule has 1 aliphatic heterocycles. The van der Waals surface area contributed by atoms with E-state index in [1.165, 1.54) is 29.9 Å². The number of ether oxygens (including phenoxy) is 3. The lowest BCUT2D eigenvalue weighted by atomic mass is 9.95. The topological polar surface area (TPSA) is 96.2 Å². The Morgan fingerprint density at radius 3 is 2.53 bits per heavy atom. The predicted molar refractivity (Wildman–Crippen MR) is 136 cm³/mol. The number of aromatic nitrogens is 1. The summed E-state index contributed by atoms with van der Waals surface area (Å²) >= 11 is 7.21. The molecule has 0 radical (unpaired) electrons. The van der Waals surface area contributed by atoms with Crippen molar-refractivity contribution in [3.05, 3.63) is 89.6 Å². The molecule has 186 valence electrons. The second-order valence-corrected chi connectivity index (χ2v) is 9.30. The maximum absolute atomic E-state index is 13.6. The summed E-state index contributed by atoms with van der Waals surface area (Å²) in [6, 6.07) is 11.2. The summed E-state index contributed by atoms with van der Waals surface area (Å²) in [6.07, 6.45) is 1.75. The van der Waals surface area contributed by atoms with E-state index in [1.54, 1.807) is 50.3 Å². The first-order chi connectivity index (χ1) is 17.2. The Morgan fingerprint density at radius 2 is 1.89 bits per heavy atom. The molecular formula is C26H23ClN2O6S. The third-order valence-corrected chi connectivity index (χ3v) is 6.68. The Morgan fingerprint density at radius 1 is 1.17 bits per heavy atom. The minimum absolute atomic E-state index is 0.165. The predicted octanol–water partition coefficient (Wildman–Crippen LogP) is 3.39. The van der Waals surface area contributed by atoms with Crippen molar-refractivity contribution in [1.29, 1.82) is 0 Å². The monoisotopic (exact) mass is 526 g/mol. The molecule has 0 saturated carbocycles. The van der Waals surface area contributed by atoms with Crippen molar-refractivity contribution < 1.29 is 23.8 Å². The molecule has 0 aliphatic carbocycles. The minimum atomic E-state index is -0.826. The van der Waals surface area contributed by atoms with Crippen molar-refractivity contribution in [1.82, 2.24) is 4.57 Å². The third kappa shape index (κ3) is 4.98. The number of nitrogens with zero attached hydrogens (tertiary/aromatic N) is 2. The quantitative estimate of drug-likeness (QED) is 0.361. The number of benzene rings is 2. The number of hydrogen-bond acceptors (Lipinski definition) is 8. The average Bonchev–Trinajstić information content (AvgIpc) is 3.14. The molecule has 1 atom stereocenters. The van der Waals surface area contributed by atoms with E-state index in [2.05, 4.69) is 4.99 Å². The normalized spacial score (nSPS) is 15.2. The Labute approximate surface area is 215 Å². The third-order valence-electron chi connectivity index (χ3n) is 5.44. The standard InChI is InChI=1S/C26H23ClN2O6S/c1-5-34-25(32)22-14(2)28-26-29(24(31)21(36-26)12-16-6-9-18(27)10-7-16)23(22)17-8-11-19(35-15(3)30)20(13-17)33-4/h6-13,23H,5H2,1-4H3/b21-12-/t23-/m1/s1. The number of allylic oxidation sites excluding steroid dienone is 1. The smallest absolute Gasteiger partial charge is 0.338 e. The van der Waals surface area contributed by atoms with E-state index in [-0.39, 0.29) is 29.2 Å². The van der Waals surface area contributed by atoms with Gasteiger partial charge in [0.25, 0.3) is 5.56 Å². The summed E-state index contributed by atoms with van der Waals surface area (Å²) < 4.78 is 17.9. The van der Waals surface area contributed by atoms with Gasteiger partial charge in [0.2, 0.25) is 0 Å². The van der Waals surface area contributed by atoms with Crippen molar-refractivity contribution in [2.75, 3.05) is 13.7 Å². The molecule has 0 spiro atoms. The number of thiazole rings is 1. The highest BCUT2D eigenvalue weighted by Crippen LogP contribution is 2.36. The highest BCUT2D eigenvalue weighted by molar-refractivity contribution is 7.07. The second-order valence-electron chi connectivity index (χ2n) is 7.86. The van der Waals surface area contributed by atoms with Crippen molar-refractivity contribution in [2.45, 2.75) is 26.8 Å². The molecule has 1 aromatic heterocycles. The summed E-state index contributed by atoms with van der Waals surface area (Å²) in [5, 5.41) is 0.592. The molecule has 0 fully saturated rings. The van der Waals surface area contributed by atoms with Crippen molar-refractivity contribution in [3.8, 4) is 11.5 Å². The van der Waals surface area contributed by atoms with Crippen LogP contribution in [0.4, 0.5) is 0 Å². The van der Waals surface area contributed by atoms with Crippen LogP contribution < -0.4 is 24.4 Å². The molecule has 0 saturated heterocycles. The van der Waals surface area contributed by atoms with Crippen molar-refractivity contribution in [3.63, 3.8) is 0 Å². The molecule has 0 bridgehead atoms. The molecule has 1 aliphatic rings. The fraction of sp³-hybridized carbons (Fsp3) is 0.231.